The van der Waals surface area contributed by atoms with Crippen LogP contribution >= 0.6 is 0 Å². The van der Waals surface area contributed by atoms with Gasteiger partial charge in [0, 0.05) is 17.8 Å². The molecule has 13 aromatic carbocycles. The summed E-state index contributed by atoms with van der Waals surface area (Å²) in [6, 6.07) is 124. The van der Waals surface area contributed by atoms with Gasteiger partial charge in [0.1, 0.15) is 23.0 Å². The Morgan fingerprint density at radius 1 is 0.252 bits per heavy atom. The van der Waals surface area contributed by atoms with E-state index in [2.05, 4.69) is 263 Å². The fourth-order valence-electron chi connectivity index (χ4n) is 11.4. The second kappa shape index (κ2) is 68.5. The molecule has 1 atom stereocenters. The number of fused-ring (bicyclic) bond motifs is 2. The lowest BCUT2D eigenvalue weighted by Gasteiger charge is -2.28. The normalized spacial score (nSPS) is 11.0. The van der Waals surface area contributed by atoms with Gasteiger partial charge in [0.15, 0.2) is 0 Å². The largest absolute Gasteiger partial charge is 0.457 e. The molecule has 0 fully saturated rings. The van der Waals surface area contributed by atoms with Crippen LogP contribution < -0.4 is 9.47 Å². The van der Waals surface area contributed by atoms with E-state index >= 15 is 0 Å². The fraction of sp³-hybridized carbons (Fsp3) is 0.277. The van der Waals surface area contributed by atoms with Gasteiger partial charge in [-0.15, -0.1) is 0 Å². The zero-order valence-corrected chi connectivity index (χ0v) is 76.0. The third-order valence-corrected chi connectivity index (χ3v) is 16.3. The number of aromatic nitrogens is 1. The summed E-state index contributed by atoms with van der Waals surface area (Å²) in [5.74, 6) is 3.36. The fourth-order valence-corrected chi connectivity index (χ4v) is 11.4. The van der Waals surface area contributed by atoms with Crippen LogP contribution in [0, 0.1) is 41.5 Å². The van der Waals surface area contributed by atoms with Crippen molar-refractivity contribution >= 4 is 10.8 Å². The van der Waals surface area contributed by atoms with E-state index in [1.165, 1.54) is 84.8 Å². The quantitative estimate of drug-likeness (QED) is 0.159. The molecule has 0 amide bonds. The van der Waals surface area contributed by atoms with Gasteiger partial charge in [-0.25, -0.2) is 0 Å². The summed E-state index contributed by atoms with van der Waals surface area (Å²) < 4.78 is 11.9. The highest BCUT2D eigenvalue weighted by molar-refractivity contribution is 5.88. The monoisotopic (exact) mass is 1540 g/mol. The Balaban J connectivity index is 0. The van der Waals surface area contributed by atoms with Crippen molar-refractivity contribution in [2.24, 2.45) is 0 Å². The van der Waals surface area contributed by atoms with Crippen molar-refractivity contribution in [3.05, 3.63) is 426 Å². The van der Waals surface area contributed by atoms with Crippen LogP contribution in [0.15, 0.2) is 376 Å². The van der Waals surface area contributed by atoms with E-state index in [4.69, 9.17) is 9.47 Å². The minimum atomic E-state index is 0.147. The van der Waals surface area contributed by atoms with Gasteiger partial charge in [0.25, 0.3) is 0 Å². The third kappa shape index (κ3) is 43.1. The molecular weight excluding hydrogens is 1390 g/mol. The summed E-state index contributed by atoms with van der Waals surface area (Å²) in [5.41, 5.74) is 17.4. The van der Waals surface area contributed by atoms with Crippen molar-refractivity contribution in [1.29, 1.82) is 0 Å². The number of aryl methyl sites for hydroxylation is 6. The second-order valence-corrected chi connectivity index (χ2v) is 25.4. The Hall–Kier alpha value is -11.1. The lowest BCUT2D eigenvalue weighted by atomic mass is 9.75. The van der Waals surface area contributed by atoms with Gasteiger partial charge in [-0.1, -0.05) is 466 Å². The van der Waals surface area contributed by atoms with E-state index in [-0.39, 0.29) is 10.8 Å². The number of ether oxygens (including phenoxy) is 2. The highest BCUT2D eigenvalue weighted by Gasteiger charge is 2.45. The Bertz CT molecular complexity index is 4120. The molecule has 0 saturated heterocycles. The van der Waals surface area contributed by atoms with E-state index < -0.39 is 0 Å². The summed E-state index contributed by atoms with van der Waals surface area (Å²) in [6.45, 7) is 56.0. The number of rotatable bonds is 7. The Morgan fingerprint density at radius 2 is 0.522 bits per heavy atom. The summed E-state index contributed by atoms with van der Waals surface area (Å²) in [7, 11) is 0. The first-order valence-electron chi connectivity index (χ1n) is 42.4. The van der Waals surface area contributed by atoms with Gasteiger partial charge >= 0.3 is 0 Å². The lowest BCUT2D eigenvalue weighted by Crippen LogP contribution is -2.23. The molecule has 3 heteroatoms. The van der Waals surface area contributed by atoms with Gasteiger partial charge in [-0.05, 0) is 186 Å². The van der Waals surface area contributed by atoms with Crippen molar-refractivity contribution in [3.63, 3.8) is 0 Å². The molecule has 1 aliphatic carbocycles. The van der Waals surface area contributed by atoms with Crippen molar-refractivity contribution in [2.45, 2.75) is 211 Å². The topological polar surface area (TPSA) is 31.4 Å². The van der Waals surface area contributed by atoms with Gasteiger partial charge < -0.3 is 9.47 Å². The summed E-state index contributed by atoms with van der Waals surface area (Å²) >= 11 is 0. The summed E-state index contributed by atoms with van der Waals surface area (Å²) in [6.07, 6.45) is 5.93. The van der Waals surface area contributed by atoms with Crippen LogP contribution in [0.1, 0.15) is 208 Å². The number of nitrogens with zero attached hydrogens (tertiary/aromatic N) is 1. The Kier molecular flexibility index (Phi) is 63.1. The van der Waals surface area contributed by atoms with Crippen LogP contribution in [0.3, 0.4) is 0 Å². The molecule has 0 N–H and O–H groups in total. The van der Waals surface area contributed by atoms with E-state index in [9.17, 15) is 0 Å². The van der Waals surface area contributed by atoms with E-state index in [1.807, 2.05) is 293 Å². The smallest absolute Gasteiger partial charge is 0.127 e. The molecule has 1 unspecified atom stereocenters. The van der Waals surface area contributed by atoms with Crippen LogP contribution in [0.4, 0.5) is 0 Å². The van der Waals surface area contributed by atoms with E-state index in [1.54, 1.807) is 12.4 Å². The second-order valence-electron chi connectivity index (χ2n) is 25.4. The zero-order valence-electron chi connectivity index (χ0n) is 76.0. The molecule has 0 aliphatic heterocycles. The Labute approximate surface area is 703 Å². The first-order valence-corrected chi connectivity index (χ1v) is 42.4. The predicted octanol–water partition coefficient (Wildman–Crippen LogP) is 35.4. The molecule has 3 nitrogen and oxygen atoms in total. The number of benzene rings is 13. The molecule has 0 bridgehead atoms. The molecule has 115 heavy (non-hydrogen) atoms. The summed E-state index contributed by atoms with van der Waals surface area (Å²) in [5, 5.41) is 2.75. The first kappa shape index (κ1) is 106. The van der Waals surface area contributed by atoms with Crippen molar-refractivity contribution < 1.29 is 9.47 Å². The molecule has 612 valence electrons. The molecule has 0 radical (unpaired) electrons. The summed E-state index contributed by atoms with van der Waals surface area (Å²) in [4.78, 5) is 3.78. The number of hydrogen-bond acceptors (Lipinski definition) is 3. The van der Waals surface area contributed by atoms with Gasteiger partial charge in [0.2, 0.25) is 0 Å². The zero-order chi connectivity index (χ0) is 86.3. The highest BCUT2D eigenvalue weighted by atomic mass is 16.5. The van der Waals surface area contributed by atoms with Gasteiger partial charge in [-0.3, -0.25) is 4.98 Å². The maximum absolute atomic E-state index is 5.93. The van der Waals surface area contributed by atoms with Crippen molar-refractivity contribution in [1.82, 2.24) is 4.98 Å². The average Bonchev–Trinajstić information content (AvgIpc) is 1.58. The lowest BCUT2D eigenvalue weighted by molar-refractivity contribution is 0.425. The van der Waals surface area contributed by atoms with Crippen molar-refractivity contribution in [3.8, 4) is 45.3 Å². The standard InChI is InChI=1S/C26H22O2.C19H22.C12H12.C12H10.C7H8.2C6H6.C5H5N.C3H8.8C2H6/c1-19-5-3-7-25(17-19)27-23-13-9-21(10-14-23)22-11-15-24(16-12-22)28-26-8-4-6-20(2)18-26;1-14-9-11-15(12-10-14)19(4)13-18(2,3)16-7-5-6-8-17(16)19;1-9-5-3-8-12-10(2)6-4-7-11(9)12;1-3-7-11(8-4-1)12-9-5-2-6-10-12;1-7-5-3-2-4-6-7;3*1-2-4-6-5-3-1;1-3-2;8*1-2/h3-18H,1-2H3;5-12H,13H2,1-4H3;3-8H,1-2H3;1-10H;2-6H,1H3;2*1-6H;1-5H;3H2,1-2H3;8*1-2H3. The average molecular weight is 1540 g/mol. The van der Waals surface area contributed by atoms with Crippen LogP contribution in [0.25, 0.3) is 33.0 Å². The molecule has 1 heterocycles. The molecule has 14 aromatic rings. The maximum atomic E-state index is 5.93. The van der Waals surface area contributed by atoms with Crippen molar-refractivity contribution in [2.75, 3.05) is 0 Å². The molecule has 0 saturated carbocycles. The highest BCUT2D eigenvalue weighted by Crippen LogP contribution is 2.52. The predicted molar refractivity (Wildman–Crippen MR) is 516 cm³/mol. The number of pyridine rings is 1. The molecule has 1 aromatic heterocycles. The maximum Gasteiger partial charge on any atom is 0.127 e. The minimum Gasteiger partial charge on any atom is -0.457 e. The molecule has 1 aliphatic rings. The minimum absolute atomic E-state index is 0.147. The van der Waals surface area contributed by atoms with Crippen LogP contribution in [0.2, 0.25) is 0 Å². The van der Waals surface area contributed by atoms with E-state index in [0.717, 1.165) is 34.1 Å². The molecule has 15 rings (SSSR count). The first-order chi connectivity index (χ1) is 56.1. The third-order valence-electron chi connectivity index (χ3n) is 16.3. The van der Waals surface area contributed by atoms with Crippen LogP contribution in [0.5, 0.6) is 23.0 Å². The van der Waals surface area contributed by atoms with Crippen LogP contribution in [-0.2, 0) is 10.8 Å². The molecular formula is C112H147NO2. The van der Waals surface area contributed by atoms with Crippen LogP contribution in [-0.4, -0.2) is 4.98 Å². The number of hydrogen-bond donors (Lipinski definition) is 0. The van der Waals surface area contributed by atoms with E-state index in [0.29, 0.717) is 0 Å². The molecule has 0 spiro atoms. The van der Waals surface area contributed by atoms with Gasteiger partial charge in [0.05, 0.1) is 0 Å². The van der Waals surface area contributed by atoms with Gasteiger partial charge in [-0.2, -0.15) is 0 Å². The Morgan fingerprint density at radius 3 is 0.817 bits per heavy atom. The SMILES string of the molecule is CC.CC.CC.CC.CC.CC.CC.CC.CCC.Cc1ccc(C2(C)CC(C)(C)c3ccccc32)cc1.Cc1cccc(Oc2ccc(-c3ccc(Oc4cccc(C)c4)cc3)cc2)c1.Cc1cccc2c(C)cccc12.Cc1ccccc1.c1ccc(-c2ccccc2)cc1.c1ccccc1.c1ccccc1.c1ccncc1.